The minimum atomic E-state index is -0.931. The fourth-order valence-corrected chi connectivity index (χ4v) is 2.91. The normalized spacial score (nSPS) is 16.4. The number of aliphatic carboxylic acids is 1. The number of carbonyl (C=O) groups excluding carboxylic acids is 2. The minimum Gasteiger partial charge on any atom is -0.493 e. The number of likely N-dealkylation sites (tertiary alicyclic amines) is 1. The lowest BCUT2D eigenvalue weighted by Crippen LogP contribution is -2.43. The molecule has 1 aliphatic heterocycles. The molecule has 2 rings (SSSR count). The Morgan fingerprint density at radius 2 is 1.96 bits per heavy atom. The molecular formula is C17H22N2O6. The summed E-state index contributed by atoms with van der Waals surface area (Å²) in [6.07, 6.45) is 1.37. The van der Waals surface area contributed by atoms with Crippen molar-refractivity contribution < 1.29 is 29.0 Å². The summed E-state index contributed by atoms with van der Waals surface area (Å²) in [4.78, 5) is 36.9. The molecule has 2 amide bonds. The fourth-order valence-electron chi connectivity index (χ4n) is 2.91. The number of hydrogen-bond acceptors (Lipinski definition) is 5. The first-order chi connectivity index (χ1) is 12.0. The van der Waals surface area contributed by atoms with Gasteiger partial charge < -0.3 is 24.8 Å². The van der Waals surface area contributed by atoms with E-state index < -0.39 is 11.9 Å². The van der Waals surface area contributed by atoms with E-state index in [0.29, 0.717) is 30.0 Å². The van der Waals surface area contributed by atoms with Crippen molar-refractivity contribution in [2.45, 2.75) is 25.3 Å². The zero-order valence-corrected chi connectivity index (χ0v) is 14.3. The van der Waals surface area contributed by atoms with Gasteiger partial charge in [0.25, 0.3) is 5.91 Å². The molecule has 0 aliphatic carbocycles. The number of nitrogens with zero attached hydrogens (tertiary/aromatic N) is 1. The van der Waals surface area contributed by atoms with Crippen molar-refractivity contribution in [3.8, 4) is 11.5 Å². The van der Waals surface area contributed by atoms with E-state index in [2.05, 4.69) is 5.32 Å². The van der Waals surface area contributed by atoms with Crippen LogP contribution in [-0.4, -0.2) is 61.1 Å². The third-order valence-corrected chi connectivity index (χ3v) is 4.15. The maximum atomic E-state index is 12.3. The van der Waals surface area contributed by atoms with Crippen molar-refractivity contribution in [2.75, 3.05) is 27.3 Å². The molecule has 1 aromatic carbocycles. The molecule has 8 heteroatoms. The van der Waals surface area contributed by atoms with E-state index in [9.17, 15) is 14.4 Å². The monoisotopic (exact) mass is 350 g/mol. The van der Waals surface area contributed by atoms with Crippen LogP contribution in [-0.2, 0) is 9.59 Å². The van der Waals surface area contributed by atoms with Crippen LogP contribution in [0, 0.1) is 0 Å². The highest BCUT2D eigenvalue weighted by molar-refractivity contribution is 5.97. The fraction of sp³-hybridized carbons (Fsp3) is 0.471. The second kappa shape index (κ2) is 8.36. The van der Waals surface area contributed by atoms with Gasteiger partial charge in [-0.1, -0.05) is 0 Å². The van der Waals surface area contributed by atoms with Gasteiger partial charge in [-0.3, -0.25) is 14.4 Å². The van der Waals surface area contributed by atoms with Crippen molar-refractivity contribution in [2.24, 2.45) is 0 Å². The highest BCUT2D eigenvalue weighted by atomic mass is 16.5. The number of hydrogen-bond donors (Lipinski definition) is 2. The molecule has 0 radical (unpaired) electrons. The number of carbonyl (C=O) groups is 3. The van der Waals surface area contributed by atoms with E-state index >= 15 is 0 Å². The average molecular weight is 350 g/mol. The molecular weight excluding hydrogens is 328 g/mol. The zero-order chi connectivity index (χ0) is 18.4. The molecule has 1 heterocycles. The lowest BCUT2D eigenvalue weighted by molar-refractivity contribution is -0.139. The maximum absolute atomic E-state index is 12.3. The smallest absolute Gasteiger partial charge is 0.305 e. The molecule has 1 atom stereocenters. The Morgan fingerprint density at radius 1 is 1.24 bits per heavy atom. The van der Waals surface area contributed by atoms with Crippen LogP contribution < -0.4 is 14.8 Å². The van der Waals surface area contributed by atoms with Crippen molar-refractivity contribution in [3.05, 3.63) is 23.8 Å². The number of nitrogens with one attached hydrogen (secondary N) is 1. The predicted molar refractivity (Wildman–Crippen MR) is 88.9 cm³/mol. The number of carboxylic acids is 1. The highest BCUT2D eigenvalue weighted by Gasteiger charge is 2.30. The number of ether oxygens (including phenoxy) is 2. The van der Waals surface area contributed by atoms with E-state index in [1.54, 1.807) is 12.1 Å². The largest absolute Gasteiger partial charge is 0.493 e. The Morgan fingerprint density at radius 3 is 2.60 bits per heavy atom. The summed E-state index contributed by atoms with van der Waals surface area (Å²) in [5.41, 5.74) is 0.342. The second-order valence-corrected chi connectivity index (χ2v) is 5.73. The van der Waals surface area contributed by atoms with Gasteiger partial charge in [0.1, 0.15) is 0 Å². The molecule has 1 unspecified atom stereocenters. The molecule has 136 valence electrons. The van der Waals surface area contributed by atoms with E-state index in [0.717, 1.165) is 6.42 Å². The molecule has 8 nitrogen and oxygen atoms in total. The van der Waals surface area contributed by atoms with Crippen LogP contribution in [0.3, 0.4) is 0 Å². The molecule has 1 fully saturated rings. The average Bonchev–Trinajstić information content (AvgIpc) is 3.06. The highest BCUT2D eigenvalue weighted by Crippen LogP contribution is 2.27. The van der Waals surface area contributed by atoms with Gasteiger partial charge in [-0.25, -0.2) is 0 Å². The predicted octanol–water partition coefficient (Wildman–Crippen LogP) is 0.899. The standard InChI is InChI=1S/C17H22N2O6/c1-24-13-6-5-11(8-14(13)25-2)17(23)18-10-15(20)19-7-3-4-12(19)9-16(21)22/h5-6,8,12H,3-4,7,9-10H2,1-2H3,(H,18,23)(H,21,22). The summed E-state index contributed by atoms with van der Waals surface area (Å²) in [7, 11) is 2.97. The SMILES string of the molecule is COc1ccc(C(=O)NCC(=O)N2CCCC2CC(=O)O)cc1OC. The first-order valence-electron chi connectivity index (χ1n) is 7.97. The molecule has 0 bridgehead atoms. The Hall–Kier alpha value is -2.77. The molecule has 1 aromatic rings. The Bertz CT molecular complexity index is 661. The molecule has 25 heavy (non-hydrogen) atoms. The summed E-state index contributed by atoms with van der Waals surface area (Å²) in [5.74, 6) is -0.703. The van der Waals surface area contributed by atoms with Crippen LogP contribution >= 0.6 is 0 Å². The van der Waals surface area contributed by atoms with Crippen LogP contribution in [0.5, 0.6) is 11.5 Å². The Labute approximate surface area is 145 Å². The van der Waals surface area contributed by atoms with Gasteiger partial charge in [-0.2, -0.15) is 0 Å². The van der Waals surface area contributed by atoms with Gasteiger partial charge in [-0.05, 0) is 31.0 Å². The van der Waals surface area contributed by atoms with Crippen LogP contribution in [0.25, 0.3) is 0 Å². The summed E-state index contributed by atoms with van der Waals surface area (Å²) in [6, 6.07) is 4.41. The number of benzene rings is 1. The summed E-state index contributed by atoms with van der Waals surface area (Å²) < 4.78 is 10.3. The number of amides is 2. The molecule has 0 spiro atoms. The topological polar surface area (TPSA) is 105 Å². The van der Waals surface area contributed by atoms with Gasteiger partial charge >= 0.3 is 5.97 Å². The Kier molecular flexibility index (Phi) is 6.21. The van der Waals surface area contributed by atoms with Crippen LogP contribution in [0.2, 0.25) is 0 Å². The second-order valence-electron chi connectivity index (χ2n) is 5.73. The Balaban J connectivity index is 1.95. The minimum absolute atomic E-state index is 0.0740. The first kappa shape index (κ1) is 18.6. The number of carboxylic acid groups (broad SMARTS) is 1. The van der Waals surface area contributed by atoms with Crippen LogP contribution in [0.4, 0.5) is 0 Å². The zero-order valence-electron chi connectivity index (χ0n) is 14.3. The maximum Gasteiger partial charge on any atom is 0.305 e. The van der Waals surface area contributed by atoms with E-state index in [1.165, 1.54) is 25.2 Å². The number of rotatable bonds is 7. The molecule has 2 N–H and O–H groups in total. The van der Waals surface area contributed by atoms with Gasteiger partial charge in [0.15, 0.2) is 11.5 Å². The van der Waals surface area contributed by atoms with E-state index in [1.807, 2.05) is 0 Å². The van der Waals surface area contributed by atoms with Crippen LogP contribution in [0.1, 0.15) is 29.6 Å². The summed E-state index contributed by atoms with van der Waals surface area (Å²) >= 11 is 0. The lowest BCUT2D eigenvalue weighted by atomic mass is 10.1. The third kappa shape index (κ3) is 4.62. The summed E-state index contributed by atoms with van der Waals surface area (Å²) in [5, 5.41) is 11.5. The molecule has 0 aromatic heterocycles. The van der Waals surface area contributed by atoms with Crippen molar-refractivity contribution >= 4 is 17.8 Å². The van der Waals surface area contributed by atoms with Crippen molar-refractivity contribution in [1.82, 2.24) is 10.2 Å². The van der Waals surface area contributed by atoms with E-state index in [4.69, 9.17) is 14.6 Å². The molecule has 1 saturated heterocycles. The van der Waals surface area contributed by atoms with E-state index in [-0.39, 0.29) is 24.9 Å². The van der Waals surface area contributed by atoms with Crippen molar-refractivity contribution in [1.29, 1.82) is 0 Å². The third-order valence-electron chi connectivity index (χ3n) is 4.15. The van der Waals surface area contributed by atoms with Crippen LogP contribution in [0.15, 0.2) is 18.2 Å². The summed E-state index contributed by atoms with van der Waals surface area (Å²) in [6.45, 7) is 0.340. The van der Waals surface area contributed by atoms with Gasteiger partial charge in [0.05, 0.1) is 27.2 Å². The van der Waals surface area contributed by atoms with Gasteiger partial charge in [0, 0.05) is 18.2 Å². The quantitative estimate of drug-likeness (QED) is 0.757. The first-order valence-corrected chi connectivity index (χ1v) is 7.97. The van der Waals surface area contributed by atoms with Crippen molar-refractivity contribution in [3.63, 3.8) is 0 Å². The van der Waals surface area contributed by atoms with Gasteiger partial charge in [-0.15, -0.1) is 0 Å². The number of methoxy groups -OCH3 is 2. The van der Waals surface area contributed by atoms with Gasteiger partial charge in [0.2, 0.25) is 5.91 Å². The lowest BCUT2D eigenvalue weighted by Gasteiger charge is -2.23. The molecule has 0 saturated carbocycles. The molecule has 1 aliphatic rings.